The molecule has 0 aliphatic rings. The molecule has 0 atom stereocenters. The number of aromatic amines is 1. The smallest absolute Gasteiger partial charge is 0.236 e. The second kappa shape index (κ2) is 6.79. The van der Waals surface area contributed by atoms with Gasteiger partial charge in [-0.1, -0.05) is 0 Å². The lowest BCUT2D eigenvalue weighted by Crippen LogP contribution is -2.21. The van der Waals surface area contributed by atoms with Crippen LogP contribution in [0.1, 0.15) is 0 Å². The Kier molecular flexibility index (Phi) is 4.57. The highest BCUT2D eigenvalue weighted by Crippen LogP contribution is 2.19. The molecule has 126 valence electrons. The van der Waals surface area contributed by atoms with Crippen molar-refractivity contribution in [3.63, 3.8) is 0 Å². The van der Waals surface area contributed by atoms with E-state index in [2.05, 4.69) is 14.9 Å². The standard InChI is InChI=1S/C16H17N3O4S/c1-22-14-4-6-15(7-5-14)23-8-9-24(20,21)19-13-3-2-12-11-17-18-16(12)10-13/h2-7,10-11,19H,8-9H2,1H3,(H,17,18). The zero-order chi connectivity index (χ0) is 17.0. The van der Waals surface area contributed by atoms with E-state index >= 15 is 0 Å². The Morgan fingerprint density at radius 2 is 1.88 bits per heavy atom. The summed E-state index contributed by atoms with van der Waals surface area (Å²) in [6, 6.07) is 12.1. The first kappa shape index (κ1) is 16.1. The van der Waals surface area contributed by atoms with E-state index in [0.29, 0.717) is 17.2 Å². The van der Waals surface area contributed by atoms with Gasteiger partial charge in [0.05, 0.1) is 24.5 Å². The second-order valence-corrected chi connectivity index (χ2v) is 6.96. The molecule has 0 aliphatic heterocycles. The molecule has 0 unspecified atom stereocenters. The predicted molar refractivity (Wildman–Crippen MR) is 92.0 cm³/mol. The Morgan fingerprint density at radius 1 is 1.12 bits per heavy atom. The first-order valence-electron chi connectivity index (χ1n) is 7.26. The summed E-state index contributed by atoms with van der Waals surface area (Å²) >= 11 is 0. The number of aromatic nitrogens is 2. The van der Waals surface area contributed by atoms with Crippen molar-refractivity contribution in [3.05, 3.63) is 48.7 Å². The molecule has 3 rings (SSSR count). The van der Waals surface area contributed by atoms with E-state index < -0.39 is 10.0 Å². The highest BCUT2D eigenvalue weighted by molar-refractivity contribution is 7.92. The molecule has 3 aromatic rings. The normalized spacial score (nSPS) is 11.4. The van der Waals surface area contributed by atoms with Gasteiger partial charge in [-0.05, 0) is 42.5 Å². The average molecular weight is 347 g/mol. The number of rotatable bonds is 7. The number of nitrogens with one attached hydrogen (secondary N) is 2. The molecule has 0 amide bonds. The summed E-state index contributed by atoms with van der Waals surface area (Å²) < 4.78 is 37.3. The molecule has 1 aromatic heterocycles. The van der Waals surface area contributed by atoms with E-state index in [0.717, 1.165) is 10.9 Å². The van der Waals surface area contributed by atoms with E-state index in [1.54, 1.807) is 55.8 Å². The van der Waals surface area contributed by atoms with Gasteiger partial charge in [-0.3, -0.25) is 9.82 Å². The predicted octanol–water partition coefficient (Wildman–Crippen LogP) is 2.39. The van der Waals surface area contributed by atoms with Gasteiger partial charge in [0.15, 0.2) is 0 Å². The van der Waals surface area contributed by atoms with Gasteiger partial charge in [0.1, 0.15) is 23.9 Å². The number of hydrogen-bond donors (Lipinski definition) is 2. The molecule has 0 spiro atoms. The maximum atomic E-state index is 12.1. The summed E-state index contributed by atoms with van der Waals surface area (Å²) in [5.41, 5.74) is 1.25. The van der Waals surface area contributed by atoms with Crippen molar-refractivity contribution in [2.24, 2.45) is 0 Å². The molecule has 8 heteroatoms. The third-order valence-corrected chi connectivity index (χ3v) is 4.65. The number of anilines is 1. The van der Waals surface area contributed by atoms with Gasteiger partial charge in [-0.2, -0.15) is 5.10 Å². The van der Waals surface area contributed by atoms with E-state index in [9.17, 15) is 8.42 Å². The van der Waals surface area contributed by atoms with Crippen LogP contribution in [-0.2, 0) is 10.0 Å². The SMILES string of the molecule is COc1ccc(OCCS(=O)(=O)Nc2ccc3cn[nH]c3c2)cc1. The lowest BCUT2D eigenvalue weighted by molar-refractivity contribution is 0.340. The number of hydrogen-bond acceptors (Lipinski definition) is 5. The fraction of sp³-hybridized carbons (Fsp3) is 0.188. The number of nitrogens with zero attached hydrogens (tertiary/aromatic N) is 1. The highest BCUT2D eigenvalue weighted by Gasteiger charge is 2.11. The Hall–Kier alpha value is -2.74. The van der Waals surface area contributed by atoms with Crippen LogP contribution in [0, 0.1) is 0 Å². The van der Waals surface area contributed by atoms with Gasteiger partial charge >= 0.3 is 0 Å². The zero-order valence-electron chi connectivity index (χ0n) is 13.0. The topological polar surface area (TPSA) is 93.3 Å². The first-order chi connectivity index (χ1) is 11.6. The van der Waals surface area contributed by atoms with Gasteiger partial charge in [0, 0.05) is 5.39 Å². The van der Waals surface area contributed by atoms with Crippen LogP contribution in [0.2, 0.25) is 0 Å². The molecule has 1 heterocycles. The third-order valence-electron chi connectivity index (χ3n) is 3.40. The van der Waals surface area contributed by atoms with Crippen molar-refractivity contribution in [3.8, 4) is 11.5 Å². The largest absolute Gasteiger partial charge is 0.497 e. The highest BCUT2D eigenvalue weighted by atomic mass is 32.2. The maximum Gasteiger partial charge on any atom is 0.236 e. The summed E-state index contributed by atoms with van der Waals surface area (Å²) in [4.78, 5) is 0. The monoisotopic (exact) mass is 347 g/mol. The average Bonchev–Trinajstić information content (AvgIpc) is 3.02. The Labute approximate surface area is 139 Å². The van der Waals surface area contributed by atoms with Crippen LogP contribution in [0.5, 0.6) is 11.5 Å². The minimum Gasteiger partial charge on any atom is -0.497 e. The lowest BCUT2D eigenvalue weighted by Gasteiger charge is -2.10. The minimum atomic E-state index is -3.50. The second-order valence-electron chi connectivity index (χ2n) is 5.12. The molecule has 0 fully saturated rings. The molecule has 0 radical (unpaired) electrons. The molecule has 0 aliphatic carbocycles. The van der Waals surface area contributed by atoms with E-state index in [1.165, 1.54) is 0 Å². The van der Waals surface area contributed by atoms with Crippen LogP contribution in [0.25, 0.3) is 10.9 Å². The molecule has 2 aromatic carbocycles. The number of sulfonamides is 1. The van der Waals surface area contributed by atoms with Crippen molar-refractivity contribution in [1.82, 2.24) is 10.2 Å². The molecule has 24 heavy (non-hydrogen) atoms. The van der Waals surface area contributed by atoms with Crippen LogP contribution in [-0.4, -0.2) is 38.1 Å². The lowest BCUT2D eigenvalue weighted by atomic mass is 10.2. The van der Waals surface area contributed by atoms with Crippen molar-refractivity contribution in [2.75, 3.05) is 24.2 Å². The van der Waals surface area contributed by atoms with E-state index in [-0.39, 0.29) is 12.4 Å². The molecule has 0 bridgehead atoms. The summed E-state index contributed by atoms with van der Waals surface area (Å²) in [5, 5.41) is 7.62. The quantitative estimate of drug-likeness (QED) is 0.684. The molecule has 2 N–H and O–H groups in total. The maximum absolute atomic E-state index is 12.1. The third kappa shape index (κ3) is 3.96. The van der Waals surface area contributed by atoms with Crippen molar-refractivity contribution < 1.29 is 17.9 Å². The summed E-state index contributed by atoms with van der Waals surface area (Å²) in [6.07, 6.45) is 1.68. The fourth-order valence-electron chi connectivity index (χ4n) is 2.17. The van der Waals surface area contributed by atoms with Crippen LogP contribution in [0.4, 0.5) is 5.69 Å². The van der Waals surface area contributed by atoms with Crippen LogP contribution in [0.3, 0.4) is 0 Å². The van der Waals surface area contributed by atoms with Gasteiger partial charge in [0.2, 0.25) is 10.0 Å². The van der Waals surface area contributed by atoms with Gasteiger partial charge in [-0.15, -0.1) is 0 Å². The molecular weight excluding hydrogens is 330 g/mol. The summed E-state index contributed by atoms with van der Waals surface area (Å²) in [6.45, 7) is 0.0496. The number of ether oxygens (including phenoxy) is 2. The Morgan fingerprint density at radius 3 is 2.62 bits per heavy atom. The number of H-pyrrole nitrogens is 1. The van der Waals surface area contributed by atoms with Gasteiger partial charge in [-0.25, -0.2) is 8.42 Å². The molecule has 0 saturated carbocycles. The van der Waals surface area contributed by atoms with Gasteiger partial charge in [0.25, 0.3) is 0 Å². The summed E-state index contributed by atoms with van der Waals surface area (Å²) in [7, 11) is -1.93. The van der Waals surface area contributed by atoms with Crippen LogP contribution < -0.4 is 14.2 Å². The van der Waals surface area contributed by atoms with E-state index in [1.807, 2.05) is 0 Å². The fourth-order valence-corrected chi connectivity index (χ4v) is 3.06. The summed E-state index contributed by atoms with van der Waals surface area (Å²) in [5.74, 6) is 1.15. The van der Waals surface area contributed by atoms with Crippen LogP contribution >= 0.6 is 0 Å². The molecule has 7 nitrogen and oxygen atoms in total. The number of fused-ring (bicyclic) bond motifs is 1. The van der Waals surface area contributed by atoms with Crippen molar-refractivity contribution >= 4 is 26.6 Å². The number of methoxy groups -OCH3 is 1. The number of benzene rings is 2. The van der Waals surface area contributed by atoms with Crippen LogP contribution in [0.15, 0.2) is 48.7 Å². The van der Waals surface area contributed by atoms with Gasteiger partial charge < -0.3 is 9.47 Å². The zero-order valence-corrected chi connectivity index (χ0v) is 13.8. The first-order valence-corrected chi connectivity index (χ1v) is 8.91. The molecular formula is C16H17N3O4S. The Bertz CT molecular complexity index is 920. The van der Waals surface area contributed by atoms with Crippen molar-refractivity contribution in [2.45, 2.75) is 0 Å². The van der Waals surface area contributed by atoms with Crippen molar-refractivity contribution in [1.29, 1.82) is 0 Å². The molecule has 0 saturated heterocycles. The van der Waals surface area contributed by atoms with E-state index in [4.69, 9.17) is 9.47 Å². The minimum absolute atomic E-state index is 0.0496. The Balaban J connectivity index is 1.56.